The Bertz CT molecular complexity index is 718. The number of carboxylic acid groups (broad SMARTS) is 1. The SMILES string of the molecule is O=C(O)Cn1nc(C(F)F)c2ccc(Br)cc2c1=S. The average molecular weight is 349 g/mol. The maximum atomic E-state index is 13.0. The van der Waals surface area contributed by atoms with E-state index in [0.29, 0.717) is 9.86 Å². The van der Waals surface area contributed by atoms with Gasteiger partial charge in [-0.2, -0.15) is 5.10 Å². The maximum Gasteiger partial charge on any atom is 0.325 e. The first kappa shape index (κ1) is 14.0. The minimum absolute atomic E-state index is 0.114. The number of nitrogens with zero attached hydrogens (tertiary/aromatic N) is 2. The predicted octanol–water partition coefficient (Wildman–Crippen LogP) is 3.55. The zero-order valence-electron chi connectivity index (χ0n) is 9.31. The molecule has 0 amide bonds. The van der Waals surface area contributed by atoms with Crippen molar-refractivity contribution in [2.45, 2.75) is 13.0 Å². The fraction of sp³-hybridized carbons (Fsp3) is 0.182. The summed E-state index contributed by atoms with van der Waals surface area (Å²) in [5.74, 6) is -1.20. The Balaban J connectivity index is 2.82. The van der Waals surface area contributed by atoms with Crippen molar-refractivity contribution in [3.8, 4) is 0 Å². The van der Waals surface area contributed by atoms with Crippen LogP contribution in [0.5, 0.6) is 0 Å². The van der Waals surface area contributed by atoms with E-state index in [1.165, 1.54) is 6.07 Å². The molecule has 0 aliphatic rings. The fourth-order valence-corrected chi connectivity index (χ4v) is 2.32. The van der Waals surface area contributed by atoms with Crippen LogP contribution in [0.3, 0.4) is 0 Å². The van der Waals surface area contributed by atoms with Gasteiger partial charge in [0.05, 0.1) is 0 Å². The molecule has 0 radical (unpaired) electrons. The number of benzene rings is 1. The Labute approximate surface area is 119 Å². The lowest BCUT2D eigenvalue weighted by Gasteiger charge is -2.10. The van der Waals surface area contributed by atoms with Gasteiger partial charge in [0.2, 0.25) is 0 Å². The number of fused-ring (bicyclic) bond motifs is 1. The van der Waals surface area contributed by atoms with Crippen molar-refractivity contribution in [2.75, 3.05) is 0 Å². The molecule has 0 atom stereocenters. The summed E-state index contributed by atoms with van der Waals surface area (Å²) in [6.45, 7) is -0.555. The van der Waals surface area contributed by atoms with Gasteiger partial charge in [0.25, 0.3) is 6.43 Å². The third kappa shape index (κ3) is 2.79. The molecular formula is C11H7BrF2N2O2S. The summed E-state index contributed by atoms with van der Waals surface area (Å²) in [4.78, 5) is 10.7. The first-order valence-electron chi connectivity index (χ1n) is 5.10. The van der Waals surface area contributed by atoms with Gasteiger partial charge < -0.3 is 5.11 Å². The fourth-order valence-electron chi connectivity index (χ4n) is 1.68. The van der Waals surface area contributed by atoms with Crippen molar-refractivity contribution < 1.29 is 18.7 Å². The van der Waals surface area contributed by atoms with Crippen LogP contribution < -0.4 is 0 Å². The second-order valence-corrected chi connectivity index (χ2v) is 5.03. The molecule has 1 aromatic carbocycles. The van der Waals surface area contributed by atoms with Gasteiger partial charge in [0, 0.05) is 15.2 Å². The monoisotopic (exact) mass is 348 g/mol. The molecule has 0 aliphatic carbocycles. The van der Waals surface area contributed by atoms with Crippen LogP contribution in [0.4, 0.5) is 8.78 Å². The Morgan fingerprint density at radius 3 is 2.74 bits per heavy atom. The lowest BCUT2D eigenvalue weighted by atomic mass is 10.1. The molecule has 2 rings (SSSR count). The zero-order chi connectivity index (χ0) is 14.2. The van der Waals surface area contributed by atoms with Gasteiger partial charge in [-0.25, -0.2) is 13.5 Å². The van der Waals surface area contributed by atoms with Crippen LogP contribution in [0.2, 0.25) is 0 Å². The Hall–Kier alpha value is -1.41. The van der Waals surface area contributed by atoms with Gasteiger partial charge in [-0.05, 0) is 12.1 Å². The molecule has 4 nitrogen and oxygen atoms in total. The van der Waals surface area contributed by atoms with E-state index in [-0.39, 0.29) is 10.0 Å². The van der Waals surface area contributed by atoms with E-state index in [2.05, 4.69) is 21.0 Å². The first-order chi connectivity index (χ1) is 8.90. The van der Waals surface area contributed by atoms with Crippen LogP contribution >= 0.6 is 28.1 Å². The number of halogens is 3. The van der Waals surface area contributed by atoms with E-state index in [9.17, 15) is 13.6 Å². The van der Waals surface area contributed by atoms with Crippen molar-refractivity contribution in [3.05, 3.63) is 33.0 Å². The second-order valence-electron chi connectivity index (χ2n) is 3.73. The van der Waals surface area contributed by atoms with Gasteiger partial charge in [-0.3, -0.25) is 4.79 Å². The third-order valence-corrected chi connectivity index (χ3v) is 3.37. The molecule has 0 saturated heterocycles. The summed E-state index contributed by atoms with van der Waals surface area (Å²) < 4.78 is 27.6. The van der Waals surface area contributed by atoms with E-state index in [1.54, 1.807) is 12.1 Å². The predicted molar refractivity (Wildman–Crippen MR) is 70.9 cm³/mol. The normalized spacial score (nSPS) is 11.2. The van der Waals surface area contributed by atoms with Gasteiger partial charge in [-0.1, -0.05) is 34.2 Å². The Morgan fingerprint density at radius 2 is 2.16 bits per heavy atom. The number of aliphatic carboxylic acids is 1. The van der Waals surface area contributed by atoms with Crippen LogP contribution in [0.25, 0.3) is 10.8 Å². The number of alkyl halides is 2. The van der Waals surface area contributed by atoms with Crippen molar-refractivity contribution >= 4 is 44.9 Å². The van der Waals surface area contributed by atoms with Crippen LogP contribution in [-0.2, 0) is 11.3 Å². The molecule has 1 heterocycles. The first-order valence-corrected chi connectivity index (χ1v) is 6.30. The lowest BCUT2D eigenvalue weighted by molar-refractivity contribution is -0.137. The Morgan fingerprint density at radius 1 is 1.47 bits per heavy atom. The summed E-state index contributed by atoms with van der Waals surface area (Å²) in [5.41, 5.74) is -0.475. The van der Waals surface area contributed by atoms with Gasteiger partial charge >= 0.3 is 5.97 Å². The molecule has 0 aliphatic heterocycles. The molecule has 0 spiro atoms. The minimum atomic E-state index is -2.81. The van der Waals surface area contributed by atoms with Crippen molar-refractivity contribution in [1.29, 1.82) is 0 Å². The highest BCUT2D eigenvalue weighted by atomic mass is 79.9. The molecule has 0 fully saturated rings. The zero-order valence-corrected chi connectivity index (χ0v) is 11.7. The second kappa shape index (κ2) is 5.30. The van der Waals surface area contributed by atoms with E-state index < -0.39 is 24.6 Å². The molecule has 2 aromatic rings. The van der Waals surface area contributed by atoms with Gasteiger partial charge in [0.1, 0.15) is 16.9 Å². The number of rotatable bonds is 3. The van der Waals surface area contributed by atoms with Crippen LogP contribution in [0, 0.1) is 4.64 Å². The summed E-state index contributed by atoms with van der Waals surface area (Å²) in [6.07, 6.45) is -2.81. The highest BCUT2D eigenvalue weighted by Crippen LogP contribution is 2.28. The number of carboxylic acids is 1. The molecule has 8 heteroatoms. The van der Waals surface area contributed by atoms with E-state index in [1.807, 2.05) is 0 Å². The molecule has 100 valence electrons. The summed E-state index contributed by atoms with van der Waals surface area (Å²) in [5, 5.41) is 13.0. The number of aromatic nitrogens is 2. The van der Waals surface area contributed by atoms with Crippen molar-refractivity contribution in [3.63, 3.8) is 0 Å². The molecule has 0 bridgehead atoms. The van der Waals surface area contributed by atoms with Gasteiger partial charge in [0.15, 0.2) is 0 Å². The molecule has 19 heavy (non-hydrogen) atoms. The average Bonchev–Trinajstić information content (AvgIpc) is 2.32. The molecular weight excluding hydrogens is 342 g/mol. The third-order valence-electron chi connectivity index (χ3n) is 2.44. The van der Waals surface area contributed by atoms with Crippen LogP contribution in [0.1, 0.15) is 12.1 Å². The highest BCUT2D eigenvalue weighted by Gasteiger charge is 2.17. The molecule has 0 saturated carbocycles. The van der Waals surface area contributed by atoms with E-state index in [0.717, 1.165) is 4.68 Å². The molecule has 1 N–H and O–H groups in total. The number of hydrogen-bond acceptors (Lipinski definition) is 3. The smallest absolute Gasteiger partial charge is 0.325 e. The number of carbonyl (C=O) groups is 1. The van der Waals surface area contributed by atoms with Crippen molar-refractivity contribution in [2.24, 2.45) is 0 Å². The minimum Gasteiger partial charge on any atom is -0.480 e. The summed E-state index contributed by atoms with van der Waals surface area (Å²) in [6, 6.07) is 4.66. The topological polar surface area (TPSA) is 55.1 Å². The van der Waals surface area contributed by atoms with E-state index in [4.69, 9.17) is 17.3 Å². The molecule has 0 unspecified atom stereocenters. The lowest BCUT2D eigenvalue weighted by Crippen LogP contribution is -2.15. The summed E-state index contributed by atoms with van der Waals surface area (Å²) in [7, 11) is 0. The van der Waals surface area contributed by atoms with Crippen LogP contribution in [-0.4, -0.2) is 20.9 Å². The quantitative estimate of drug-likeness (QED) is 0.861. The standard InChI is InChI=1S/C11H7BrF2N2O2S/c12-5-1-2-6-7(3-5)11(19)16(4-8(17)18)15-9(6)10(13)14/h1-3,10H,4H2,(H,17,18). The highest BCUT2D eigenvalue weighted by molar-refractivity contribution is 9.10. The Kier molecular flexibility index (Phi) is 3.91. The maximum absolute atomic E-state index is 13.0. The van der Waals surface area contributed by atoms with E-state index >= 15 is 0 Å². The molecule has 1 aromatic heterocycles. The van der Waals surface area contributed by atoms with Crippen LogP contribution in [0.15, 0.2) is 22.7 Å². The van der Waals surface area contributed by atoms with Gasteiger partial charge in [-0.15, -0.1) is 0 Å². The number of hydrogen-bond donors (Lipinski definition) is 1. The van der Waals surface area contributed by atoms with Crippen molar-refractivity contribution in [1.82, 2.24) is 9.78 Å². The largest absolute Gasteiger partial charge is 0.480 e. The summed E-state index contributed by atoms with van der Waals surface area (Å²) >= 11 is 8.31.